The second kappa shape index (κ2) is 8.72. The summed E-state index contributed by atoms with van der Waals surface area (Å²) < 4.78 is 28.2. The molecule has 0 radical (unpaired) electrons. The predicted molar refractivity (Wildman–Crippen MR) is 129 cm³/mol. The molecule has 4 aromatic rings. The number of fused-ring (bicyclic) bond motifs is 1. The van der Waals surface area contributed by atoms with Crippen molar-refractivity contribution in [2.24, 2.45) is 0 Å². The maximum atomic E-state index is 13.0. The summed E-state index contributed by atoms with van der Waals surface area (Å²) in [6.45, 7) is 1.93. The van der Waals surface area contributed by atoms with Gasteiger partial charge in [-0.05, 0) is 55.5 Å². The van der Waals surface area contributed by atoms with Gasteiger partial charge in [0.05, 0.1) is 26.8 Å². The zero-order valence-electron chi connectivity index (χ0n) is 18.0. The van der Waals surface area contributed by atoms with E-state index in [9.17, 15) is 13.2 Å². The fraction of sp³-hybridized carbons (Fsp3) is 0.167. The summed E-state index contributed by atoms with van der Waals surface area (Å²) in [6.07, 6.45) is 0. The summed E-state index contributed by atoms with van der Waals surface area (Å²) in [5.41, 5.74) is 1.90. The average Bonchev–Trinajstić information content (AvgIpc) is 3.27. The maximum absolute atomic E-state index is 13.0. The zero-order chi connectivity index (χ0) is 22.9. The van der Waals surface area contributed by atoms with E-state index in [0.29, 0.717) is 11.3 Å². The van der Waals surface area contributed by atoms with Crippen LogP contribution in [-0.2, 0) is 10.0 Å². The van der Waals surface area contributed by atoms with Crippen LogP contribution in [0.1, 0.15) is 28.3 Å². The highest BCUT2D eigenvalue weighted by Gasteiger charge is 2.24. The van der Waals surface area contributed by atoms with E-state index in [1.165, 1.54) is 23.5 Å². The van der Waals surface area contributed by atoms with E-state index >= 15 is 0 Å². The Bertz CT molecular complexity index is 1320. The van der Waals surface area contributed by atoms with Crippen molar-refractivity contribution >= 4 is 43.2 Å². The number of anilines is 1. The number of para-hydroxylation sites is 2. The second-order valence-corrected chi connectivity index (χ2v) is 10.5. The standard InChI is InChI=1S/C24H23N3O3S2/c1-17(23-25-21-11-7-8-12-22(21)31-23)26(2)24(28)18-13-15-20(16-14-18)32(29,30)27(3)19-9-5-4-6-10-19/h4-17H,1-3H3/t17-/m0/s1. The van der Waals surface area contributed by atoms with E-state index in [-0.39, 0.29) is 16.8 Å². The van der Waals surface area contributed by atoms with Crippen LogP contribution in [-0.4, -0.2) is 38.3 Å². The Morgan fingerprint density at radius 1 is 0.906 bits per heavy atom. The Morgan fingerprint density at radius 2 is 1.53 bits per heavy atom. The van der Waals surface area contributed by atoms with Gasteiger partial charge in [-0.15, -0.1) is 11.3 Å². The molecular formula is C24H23N3O3S2. The molecule has 1 aromatic heterocycles. The molecule has 0 aliphatic heterocycles. The van der Waals surface area contributed by atoms with Gasteiger partial charge < -0.3 is 4.90 Å². The van der Waals surface area contributed by atoms with Crippen LogP contribution in [0.15, 0.2) is 83.8 Å². The van der Waals surface area contributed by atoms with Crippen molar-refractivity contribution in [1.82, 2.24) is 9.88 Å². The van der Waals surface area contributed by atoms with Crippen LogP contribution >= 0.6 is 11.3 Å². The zero-order valence-corrected chi connectivity index (χ0v) is 19.6. The molecule has 0 fully saturated rings. The normalized spacial score (nSPS) is 12.5. The molecule has 0 unspecified atom stereocenters. The Labute approximate surface area is 191 Å². The number of nitrogens with zero attached hydrogens (tertiary/aromatic N) is 3. The number of amides is 1. The number of rotatable bonds is 6. The van der Waals surface area contributed by atoms with E-state index in [1.807, 2.05) is 37.3 Å². The molecule has 32 heavy (non-hydrogen) atoms. The minimum absolute atomic E-state index is 0.127. The Kier molecular flexibility index (Phi) is 5.99. The second-order valence-electron chi connectivity index (χ2n) is 7.44. The first-order valence-electron chi connectivity index (χ1n) is 10.1. The van der Waals surface area contributed by atoms with E-state index in [1.54, 1.807) is 59.7 Å². The van der Waals surface area contributed by atoms with E-state index in [2.05, 4.69) is 4.98 Å². The SMILES string of the molecule is C[C@@H](c1nc2ccccc2s1)N(C)C(=O)c1ccc(S(=O)(=O)N(C)c2ccccc2)cc1. The molecule has 0 saturated heterocycles. The van der Waals surface area contributed by atoms with Crippen molar-refractivity contribution in [3.05, 3.63) is 89.4 Å². The monoisotopic (exact) mass is 465 g/mol. The third-order valence-corrected chi connectivity index (χ3v) is 8.46. The number of carbonyl (C=O) groups is 1. The van der Waals surface area contributed by atoms with E-state index in [4.69, 9.17) is 0 Å². The summed E-state index contributed by atoms with van der Waals surface area (Å²) in [6, 6.07) is 22.6. The summed E-state index contributed by atoms with van der Waals surface area (Å²) in [7, 11) is -0.489. The van der Waals surface area contributed by atoms with Gasteiger partial charge in [0, 0.05) is 19.7 Å². The molecular weight excluding hydrogens is 442 g/mol. The van der Waals surface area contributed by atoms with Gasteiger partial charge in [-0.2, -0.15) is 0 Å². The summed E-state index contributed by atoms with van der Waals surface area (Å²) >= 11 is 1.56. The first-order chi connectivity index (χ1) is 15.3. The molecule has 0 spiro atoms. The number of benzene rings is 3. The van der Waals surface area contributed by atoms with Crippen LogP contribution in [0.2, 0.25) is 0 Å². The Morgan fingerprint density at radius 3 is 2.19 bits per heavy atom. The lowest BCUT2D eigenvalue weighted by molar-refractivity contribution is 0.0742. The van der Waals surface area contributed by atoms with Crippen LogP contribution < -0.4 is 4.31 Å². The Balaban J connectivity index is 1.53. The molecule has 0 aliphatic carbocycles. The van der Waals surface area contributed by atoms with Gasteiger partial charge in [0.15, 0.2) is 0 Å². The third kappa shape index (κ3) is 4.11. The molecule has 1 atom stereocenters. The molecule has 6 nitrogen and oxygen atoms in total. The summed E-state index contributed by atoms with van der Waals surface area (Å²) in [5.74, 6) is -0.197. The van der Waals surface area contributed by atoms with Gasteiger partial charge in [-0.25, -0.2) is 13.4 Å². The van der Waals surface area contributed by atoms with Crippen molar-refractivity contribution in [3.63, 3.8) is 0 Å². The van der Waals surface area contributed by atoms with Crippen LogP contribution in [0.3, 0.4) is 0 Å². The molecule has 164 valence electrons. The first kappa shape index (κ1) is 22.0. The van der Waals surface area contributed by atoms with Gasteiger partial charge in [0.2, 0.25) is 0 Å². The lowest BCUT2D eigenvalue weighted by atomic mass is 10.2. The van der Waals surface area contributed by atoms with Crippen LogP contribution in [0.5, 0.6) is 0 Å². The first-order valence-corrected chi connectivity index (χ1v) is 12.3. The number of aromatic nitrogens is 1. The van der Waals surface area contributed by atoms with Crippen molar-refractivity contribution in [3.8, 4) is 0 Å². The lowest BCUT2D eigenvalue weighted by Crippen LogP contribution is -2.30. The highest BCUT2D eigenvalue weighted by atomic mass is 32.2. The summed E-state index contributed by atoms with van der Waals surface area (Å²) in [5, 5.41) is 0.853. The van der Waals surface area contributed by atoms with Crippen molar-refractivity contribution in [2.75, 3.05) is 18.4 Å². The number of carbonyl (C=O) groups excluding carboxylic acids is 1. The maximum Gasteiger partial charge on any atom is 0.264 e. The molecule has 4 rings (SSSR count). The van der Waals surface area contributed by atoms with Crippen LogP contribution in [0.4, 0.5) is 5.69 Å². The molecule has 0 aliphatic rings. The quantitative estimate of drug-likeness (QED) is 0.404. The molecule has 0 saturated carbocycles. The molecule has 3 aromatic carbocycles. The number of hydrogen-bond acceptors (Lipinski definition) is 5. The van der Waals surface area contributed by atoms with E-state index < -0.39 is 10.0 Å². The third-order valence-electron chi connectivity index (χ3n) is 5.45. The highest BCUT2D eigenvalue weighted by Crippen LogP contribution is 2.30. The van der Waals surface area contributed by atoms with Gasteiger partial charge >= 0.3 is 0 Å². The summed E-state index contributed by atoms with van der Waals surface area (Å²) in [4.78, 5) is 19.4. The molecule has 0 N–H and O–H groups in total. The minimum atomic E-state index is -3.73. The number of thiazole rings is 1. The van der Waals surface area contributed by atoms with Crippen LogP contribution in [0.25, 0.3) is 10.2 Å². The topological polar surface area (TPSA) is 70.6 Å². The van der Waals surface area contributed by atoms with Crippen molar-refractivity contribution in [1.29, 1.82) is 0 Å². The minimum Gasteiger partial charge on any atom is -0.333 e. The van der Waals surface area contributed by atoms with Gasteiger partial charge in [-0.3, -0.25) is 9.10 Å². The average molecular weight is 466 g/mol. The Hall–Kier alpha value is -3.23. The lowest BCUT2D eigenvalue weighted by Gasteiger charge is -2.23. The predicted octanol–water partition coefficient (Wildman–Crippen LogP) is 4.95. The largest absolute Gasteiger partial charge is 0.333 e. The van der Waals surface area contributed by atoms with Gasteiger partial charge in [-0.1, -0.05) is 30.3 Å². The highest BCUT2D eigenvalue weighted by molar-refractivity contribution is 7.92. The number of hydrogen-bond donors (Lipinski definition) is 0. The van der Waals surface area contributed by atoms with Gasteiger partial charge in [0.1, 0.15) is 5.01 Å². The van der Waals surface area contributed by atoms with Crippen LogP contribution in [0, 0.1) is 0 Å². The molecule has 0 bridgehead atoms. The molecule has 1 heterocycles. The number of sulfonamides is 1. The molecule has 1 amide bonds. The van der Waals surface area contributed by atoms with Gasteiger partial charge in [0.25, 0.3) is 15.9 Å². The smallest absolute Gasteiger partial charge is 0.264 e. The van der Waals surface area contributed by atoms with Crippen molar-refractivity contribution in [2.45, 2.75) is 17.9 Å². The molecule has 8 heteroatoms. The fourth-order valence-electron chi connectivity index (χ4n) is 3.32. The van der Waals surface area contributed by atoms with E-state index in [0.717, 1.165) is 15.2 Å². The fourth-order valence-corrected chi connectivity index (χ4v) is 5.58. The van der Waals surface area contributed by atoms with Crippen molar-refractivity contribution < 1.29 is 13.2 Å².